The first kappa shape index (κ1) is 22.8. The smallest absolute Gasteiger partial charge is 0.416 e. The van der Waals surface area contributed by atoms with Crippen molar-refractivity contribution in [1.82, 2.24) is 20.1 Å². The number of ether oxygens (including phenoxy) is 1. The molecule has 7 nitrogen and oxygen atoms in total. The van der Waals surface area contributed by atoms with Gasteiger partial charge in [0.15, 0.2) is 0 Å². The first-order valence-electron chi connectivity index (χ1n) is 10.5. The molecule has 4 rings (SSSR count). The zero-order valence-electron chi connectivity index (χ0n) is 17.8. The summed E-state index contributed by atoms with van der Waals surface area (Å²) in [6.45, 7) is -0.0151. The van der Waals surface area contributed by atoms with E-state index in [1.165, 1.54) is 18.3 Å². The molecule has 1 unspecified atom stereocenters. The molecular weight excluding hydrogens is 437 g/mol. The van der Waals surface area contributed by atoms with Crippen molar-refractivity contribution in [3.63, 3.8) is 0 Å². The average Bonchev–Trinajstić information content (AvgIpc) is 3.54. The van der Waals surface area contributed by atoms with Crippen molar-refractivity contribution in [1.29, 1.82) is 0 Å². The number of aromatic nitrogens is 3. The second kappa shape index (κ2) is 9.22. The number of rotatable bonds is 8. The van der Waals surface area contributed by atoms with Gasteiger partial charge in [-0.05, 0) is 61.6 Å². The number of aliphatic hydroxyl groups is 1. The fraction of sp³-hybridized carbons (Fsp3) is 0.348. The Morgan fingerprint density at radius 3 is 2.58 bits per heavy atom. The first-order valence-corrected chi connectivity index (χ1v) is 10.5. The fourth-order valence-corrected chi connectivity index (χ4v) is 3.54. The molecule has 0 aliphatic heterocycles. The van der Waals surface area contributed by atoms with E-state index in [1.807, 2.05) is 0 Å². The highest BCUT2D eigenvalue weighted by molar-refractivity contribution is 5.95. The van der Waals surface area contributed by atoms with Crippen molar-refractivity contribution >= 4 is 5.91 Å². The highest BCUT2D eigenvalue weighted by atomic mass is 19.4. The van der Waals surface area contributed by atoms with Crippen LogP contribution in [-0.4, -0.2) is 38.4 Å². The predicted octanol–water partition coefficient (Wildman–Crippen LogP) is 4.18. The van der Waals surface area contributed by atoms with Crippen LogP contribution in [0.1, 0.15) is 35.2 Å². The lowest BCUT2D eigenvalue weighted by molar-refractivity contribution is -0.137. The van der Waals surface area contributed by atoms with Gasteiger partial charge in [0.1, 0.15) is 5.75 Å². The van der Waals surface area contributed by atoms with Crippen LogP contribution in [-0.2, 0) is 13.2 Å². The van der Waals surface area contributed by atoms with Gasteiger partial charge in [-0.3, -0.25) is 9.48 Å². The summed E-state index contributed by atoms with van der Waals surface area (Å²) in [5.74, 6) is 0.318. The number of benzene rings is 1. The van der Waals surface area contributed by atoms with Crippen LogP contribution in [0.15, 0.2) is 48.8 Å². The number of nitrogens with one attached hydrogen (secondary N) is 1. The van der Waals surface area contributed by atoms with E-state index in [0.717, 1.165) is 25.0 Å². The Morgan fingerprint density at radius 2 is 2.00 bits per heavy atom. The lowest BCUT2D eigenvalue weighted by Gasteiger charge is -2.17. The van der Waals surface area contributed by atoms with E-state index >= 15 is 0 Å². The Labute approximate surface area is 188 Å². The van der Waals surface area contributed by atoms with E-state index in [0.29, 0.717) is 29.2 Å². The number of aliphatic hydroxyl groups excluding tert-OH is 1. The Kier molecular flexibility index (Phi) is 6.37. The molecular formula is C23H23F3N4O3. The van der Waals surface area contributed by atoms with Crippen LogP contribution in [0.3, 0.4) is 0 Å². The van der Waals surface area contributed by atoms with E-state index in [2.05, 4.69) is 15.4 Å². The Hall–Kier alpha value is -3.40. The van der Waals surface area contributed by atoms with Crippen molar-refractivity contribution in [3.05, 3.63) is 59.9 Å². The Balaban J connectivity index is 1.61. The number of pyridine rings is 1. The maximum absolute atomic E-state index is 12.8. The van der Waals surface area contributed by atoms with Crippen molar-refractivity contribution in [2.75, 3.05) is 6.61 Å². The van der Waals surface area contributed by atoms with Gasteiger partial charge in [0.05, 0.1) is 22.4 Å². The van der Waals surface area contributed by atoms with Gasteiger partial charge in [0.25, 0.3) is 5.91 Å². The minimum Gasteiger partial charge on any atom is -0.438 e. The number of carbonyl (C=O) groups is 1. The number of aryl methyl sites for hydroxylation is 1. The topological polar surface area (TPSA) is 89.3 Å². The molecule has 2 heterocycles. The van der Waals surface area contributed by atoms with E-state index in [4.69, 9.17) is 4.74 Å². The van der Waals surface area contributed by atoms with Crippen LogP contribution >= 0.6 is 0 Å². The van der Waals surface area contributed by atoms with Crippen LogP contribution in [0.25, 0.3) is 11.3 Å². The van der Waals surface area contributed by atoms with Gasteiger partial charge < -0.3 is 15.2 Å². The van der Waals surface area contributed by atoms with E-state index in [9.17, 15) is 23.1 Å². The summed E-state index contributed by atoms with van der Waals surface area (Å²) in [6.07, 6.45) is 1.13. The summed E-state index contributed by atoms with van der Waals surface area (Å²) < 4.78 is 45.8. The van der Waals surface area contributed by atoms with Gasteiger partial charge in [-0.2, -0.15) is 18.3 Å². The van der Waals surface area contributed by atoms with Gasteiger partial charge in [-0.1, -0.05) is 0 Å². The summed E-state index contributed by atoms with van der Waals surface area (Å²) in [5.41, 5.74) is 0.427. The molecule has 1 fully saturated rings. The molecule has 1 saturated carbocycles. The Morgan fingerprint density at radius 1 is 1.27 bits per heavy atom. The van der Waals surface area contributed by atoms with Crippen LogP contribution in [0.5, 0.6) is 11.6 Å². The molecule has 174 valence electrons. The molecule has 1 amide bonds. The van der Waals surface area contributed by atoms with E-state index < -0.39 is 11.7 Å². The number of nitrogens with zero attached hydrogens (tertiary/aromatic N) is 3. The third-order valence-corrected chi connectivity index (χ3v) is 5.45. The Bertz CT molecular complexity index is 1120. The second-order valence-electron chi connectivity index (χ2n) is 8.01. The number of carbonyl (C=O) groups excluding carboxylic acids is 1. The average molecular weight is 460 g/mol. The molecule has 0 radical (unpaired) electrons. The van der Waals surface area contributed by atoms with Crippen molar-refractivity contribution in [2.24, 2.45) is 13.0 Å². The van der Waals surface area contributed by atoms with Gasteiger partial charge in [-0.15, -0.1) is 0 Å². The normalized spacial score (nSPS) is 14.7. The molecule has 10 heteroatoms. The van der Waals surface area contributed by atoms with Gasteiger partial charge in [0, 0.05) is 32.1 Å². The van der Waals surface area contributed by atoms with Gasteiger partial charge in [-0.25, -0.2) is 4.98 Å². The highest BCUT2D eigenvalue weighted by Gasteiger charge is 2.32. The summed E-state index contributed by atoms with van der Waals surface area (Å²) in [7, 11) is 1.74. The largest absolute Gasteiger partial charge is 0.438 e. The number of alkyl halides is 3. The zero-order chi connectivity index (χ0) is 23.6. The molecule has 1 aliphatic carbocycles. The lowest BCUT2D eigenvalue weighted by atomic mass is 10.1. The van der Waals surface area contributed by atoms with E-state index in [1.54, 1.807) is 30.1 Å². The third kappa shape index (κ3) is 5.51. The molecule has 3 aromatic rings. The van der Waals surface area contributed by atoms with E-state index in [-0.39, 0.29) is 30.2 Å². The lowest BCUT2D eigenvalue weighted by Crippen LogP contribution is -2.37. The van der Waals surface area contributed by atoms with Crippen molar-refractivity contribution in [3.8, 4) is 22.9 Å². The fourth-order valence-electron chi connectivity index (χ4n) is 3.54. The standard InChI is InChI=1S/C23H23F3N4O3/c1-30-10-8-20(29-30)18-12-15(21(32)28-19(9-11-31)14-2-3-14)13-27-22(18)33-17-6-4-16(5-7-17)23(24,25)26/h4-8,10,12-14,19,31H,2-3,9,11H2,1H3,(H,28,32). The minimum absolute atomic E-state index is 0.0151. The molecule has 1 atom stereocenters. The first-order chi connectivity index (χ1) is 15.7. The molecule has 0 spiro atoms. The van der Waals surface area contributed by atoms with Crippen LogP contribution in [0.2, 0.25) is 0 Å². The van der Waals surface area contributed by atoms with Crippen LogP contribution in [0, 0.1) is 5.92 Å². The number of hydrogen-bond acceptors (Lipinski definition) is 5. The summed E-state index contributed by atoms with van der Waals surface area (Å²) in [6, 6.07) is 7.48. The van der Waals surface area contributed by atoms with Crippen LogP contribution in [0.4, 0.5) is 13.2 Å². The quantitative estimate of drug-likeness (QED) is 0.526. The van der Waals surface area contributed by atoms with Gasteiger partial charge in [0.2, 0.25) is 5.88 Å². The highest BCUT2D eigenvalue weighted by Crippen LogP contribution is 2.35. The van der Waals surface area contributed by atoms with Crippen molar-refractivity contribution < 1.29 is 27.8 Å². The molecule has 1 aromatic carbocycles. The monoisotopic (exact) mass is 460 g/mol. The van der Waals surface area contributed by atoms with Crippen LogP contribution < -0.4 is 10.1 Å². The SMILES string of the molecule is Cn1ccc(-c2cc(C(=O)NC(CCO)C3CC3)cnc2Oc2ccc(C(F)(F)F)cc2)n1. The number of halogens is 3. The molecule has 0 saturated heterocycles. The second-order valence-corrected chi connectivity index (χ2v) is 8.01. The zero-order valence-corrected chi connectivity index (χ0v) is 17.8. The summed E-state index contributed by atoms with van der Waals surface area (Å²) in [5, 5.41) is 16.6. The number of amides is 1. The predicted molar refractivity (Wildman–Crippen MR) is 114 cm³/mol. The van der Waals surface area contributed by atoms with Gasteiger partial charge >= 0.3 is 6.18 Å². The molecule has 0 bridgehead atoms. The number of hydrogen-bond donors (Lipinski definition) is 2. The molecule has 1 aliphatic rings. The molecule has 2 N–H and O–H groups in total. The maximum atomic E-state index is 12.8. The molecule has 2 aromatic heterocycles. The summed E-state index contributed by atoms with van der Waals surface area (Å²) >= 11 is 0. The molecule has 33 heavy (non-hydrogen) atoms. The third-order valence-electron chi connectivity index (χ3n) is 5.45. The van der Waals surface area contributed by atoms with Crippen molar-refractivity contribution in [2.45, 2.75) is 31.5 Å². The summed E-state index contributed by atoms with van der Waals surface area (Å²) in [4.78, 5) is 17.1. The maximum Gasteiger partial charge on any atom is 0.416 e. The minimum atomic E-state index is -4.45.